The molecule has 0 aromatic rings. The van der Waals surface area contributed by atoms with Crippen LogP contribution in [0.15, 0.2) is 0 Å². The molecule has 0 aromatic heterocycles. The largest absolute Gasteiger partial charge is 0.466 e. The van der Waals surface area contributed by atoms with Crippen LogP contribution in [0.1, 0.15) is 26.2 Å². The van der Waals surface area contributed by atoms with Gasteiger partial charge < -0.3 is 14.5 Å². The zero-order chi connectivity index (χ0) is 11.8. The molecular weight excluding hydrogens is 204 g/mol. The van der Waals surface area contributed by atoms with Crippen LogP contribution in [-0.2, 0) is 9.53 Å². The average Bonchev–Trinajstić information content (AvgIpc) is 2.29. The van der Waals surface area contributed by atoms with Gasteiger partial charge in [0, 0.05) is 32.7 Å². The molecule has 0 radical (unpaired) electrons. The molecule has 0 N–H and O–H groups in total. The number of piperazine rings is 1. The molecule has 0 spiro atoms. The Balaban J connectivity index is 2.03. The van der Waals surface area contributed by atoms with Gasteiger partial charge in [0.25, 0.3) is 0 Å². The molecule has 4 nitrogen and oxygen atoms in total. The highest BCUT2D eigenvalue weighted by atomic mass is 16.5. The predicted octanol–water partition coefficient (Wildman–Crippen LogP) is 0.967. The first-order valence-corrected chi connectivity index (χ1v) is 6.29. The first-order valence-electron chi connectivity index (χ1n) is 6.29. The van der Waals surface area contributed by atoms with Crippen LogP contribution in [0.25, 0.3) is 0 Å². The first-order chi connectivity index (χ1) is 7.72. The topological polar surface area (TPSA) is 32.8 Å². The summed E-state index contributed by atoms with van der Waals surface area (Å²) in [7, 11) is 2.14. The zero-order valence-electron chi connectivity index (χ0n) is 10.6. The highest BCUT2D eigenvalue weighted by molar-refractivity contribution is 5.69. The standard InChI is InChI=1S/C12H24N2O2/c1-3-4-11-16-12(15)5-6-14-9-7-13(2)8-10-14/h3-11H2,1-2H3. The van der Waals surface area contributed by atoms with E-state index in [0.717, 1.165) is 45.6 Å². The molecule has 0 amide bonds. The van der Waals surface area contributed by atoms with Gasteiger partial charge in [-0.3, -0.25) is 4.79 Å². The molecule has 0 unspecified atom stereocenters. The van der Waals surface area contributed by atoms with Crippen molar-refractivity contribution >= 4 is 5.97 Å². The van der Waals surface area contributed by atoms with Crippen LogP contribution in [0.5, 0.6) is 0 Å². The van der Waals surface area contributed by atoms with Crippen LogP contribution in [0.3, 0.4) is 0 Å². The number of carbonyl (C=O) groups is 1. The Morgan fingerprint density at radius 3 is 2.56 bits per heavy atom. The minimum atomic E-state index is -0.0487. The fourth-order valence-electron chi connectivity index (χ4n) is 1.72. The summed E-state index contributed by atoms with van der Waals surface area (Å²) in [5.74, 6) is -0.0487. The van der Waals surface area contributed by atoms with E-state index in [1.54, 1.807) is 0 Å². The van der Waals surface area contributed by atoms with E-state index >= 15 is 0 Å². The van der Waals surface area contributed by atoms with Crippen molar-refractivity contribution in [2.45, 2.75) is 26.2 Å². The van der Waals surface area contributed by atoms with Crippen LogP contribution in [-0.4, -0.2) is 62.1 Å². The monoisotopic (exact) mass is 228 g/mol. The van der Waals surface area contributed by atoms with Gasteiger partial charge in [-0.15, -0.1) is 0 Å². The summed E-state index contributed by atoms with van der Waals surface area (Å²) in [6.07, 6.45) is 2.58. The van der Waals surface area contributed by atoms with Gasteiger partial charge in [0.05, 0.1) is 13.0 Å². The molecule has 1 aliphatic heterocycles. The molecule has 16 heavy (non-hydrogen) atoms. The van der Waals surface area contributed by atoms with Crippen molar-refractivity contribution in [2.24, 2.45) is 0 Å². The molecule has 0 atom stereocenters. The second-order valence-electron chi connectivity index (χ2n) is 4.47. The lowest BCUT2D eigenvalue weighted by atomic mass is 10.3. The summed E-state index contributed by atoms with van der Waals surface area (Å²) in [6, 6.07) is 0. The van der Waals surface area contributed by atoms with Crippen LogP contribution in [0, 0.1) is 0 Å². The van der Waals surface area contributed by atoms with Gasteiger partial charge >= 0.3 is 5.97 Å². The summed E-state index contributed by atoms with van der Waals surface area (Å²) in [5, 5.41) is 0. The van der Waals surface area contributed by atoms with E-state index in [2.05, 4.69) is 23.8 Å². The lowest BCUT2D eigenvalue weighted by molar-refractivity contribution is -0.144. The Morgan fingerprint density at radius 1 is 1.25 bits per heavy atom. The number of hydrogen-bond donors (Lipinski definition) is 0. The Morgan fingerprint density at radius 2 is 1.94 bits per heavy atom. The Kier molecular flexibility index (Phi) is 6.42. The maximum atomic E-state index is 11.4. The lowest BCUT2D eigenvalue weighted by Gasteiger charge is -2.31. The Hall–Kier alpha value is -0.610. The van der Waals surface area contributed by atoms with Gasteiger partial charge in [0.15, 0.2) is 0 Å². The minimum Gasteiger partial charge on any atom is -0.466 e. The molecule has 0 aliphatic carbocycles. The van der Waals surface area contributed by atoms with E-state index in [4.69, 9.17) is 4.74 Å². The third kappa shape index (κ3) is 5.47. The van der Waals surface area contributed by atoms with Gasteiger partial charge in [-0.2, -0.15) is 0 Å². The number of nitrogens with zero attached hydrogens (tertiary/aromatic N) is 2. The fraction of sp³-hybridized carbons (Fsp3) is 0.917. The highest BCUT2D eigenvalue weighted by Crippen LogP contribution is 2.01. The maximum Gasteiger partial charge on any atom is 0.307 e. The highest BCUT2D eigenvalue weighted by Gasteiger charge is 2.14. The molecular formula is C12H24N2O2. The van der Waals surface area contributed by atoms with Crippen LogP contribution in [0.2, 0.25) is 0 Å². The van der Waals surface area contributed by atoms with Crippen LogP contribution < -0.4 is 0 Å². The summed E-state index contributed by atoms with van der Waals surface area (Å²) < 4.78 is 5.12. The normalized spacial score (nSPS) is 18.6. The lowest BCUT2D eigenvalue weighted by Crippen LogP contribution is -2.45. The summed E-state index contributed by atoms with van der Waals surface area (Å²) >= 11 is 0. The third-order valence-electron chi connectivity index (χ3n) is 2.99. The number of likely N-dealkylation sites (N-methyl/N-ethyl adjacent to an activating group) is 1. The van der Waals surface area contributed by atoms with Crippen LogP contribution in [0.4, 0.5) is 0 Å². The third-order valence-corrected chi connectivity index (χ3v) is 2.99. The maximum absolute atomic E-state index is 11.4. The molecule has 0 bridgehead atoms. The number of carbonyl (C=O) groups excluding carboxylic acids is 1. The second-order valence-corrected chi connectivity index (χ2v) is 4.47. The van der Waals surface area contributed by atoms with Gasteiger partial charge in [-0.25, -0.2) is 0 Å². The number of rotatable bonds is 6. The van der Waals surface area contributed by atoms with Crippen molar-refractivity contribution in [2.75, 3.05) is 46.4 Å². The zero-order valence-corrected chi connectivity index (χ0v) is 10.6. The van der Waals surface area contributed by atoms with Crippen molar-refractivity contribution in [1.29, 1.82) is 0 Å². The fourth-order valence-corrected chi connectivity index (χ4v) is 1.72. The Labute approximate surface area is 98.5 Å². The number of unbranched alkanes of at least 4 members (excludes halogenated alkanes) is 1. The molecule has 0 saturated carbocycles. The minimum absolute atomic E-state index is 0.0487. The van der Waals surface area contributed by atoms with Crippen molar-refractivity contribution < 1.29 is 9.53 Å². The van der Waals surface area contributed by atoms with Gasteiger partial charge in [-0.05, 0) is 13.5 Å². The predicted molar refractivity (Wildman–Crippen MR) is 64.4 cm³/mol. The van der Waals surface area contributed by atoms with Gasteiger partial charge in [0.1, 0.15) is 0 Å². The summed E-state index contributed by atoms with van der Waals surface area (Å²) in [6.45, 7) is 7.86. The van der Waals surface area contributed by atoms with Crippen molar-refractivity contribution in [3.8, 4) is 0 Å². The SMILES string of the molecule is CCCCOC(=O)CCN1CCN(C)CC1. The molecule has 1 saturated heterocycles. The quantitative estimate of drug-likeness (QED) is 0.501. The average molecular weight is 228 g/mol. The van der Waals surface area contributed by atoms with Crippen molar-refractivity contribution in [3.63, 3.8) is 0 Å². The molecule has 1 heterocycles. The van der Waals surface area contributed by atoms with Gasteiger partial charge in [0.2, 0.25) is 0 Å². The molecule has 1 fully saturated rings. The molecule has 94 valence electrons. The number of hydrogen-bond acceptors (Lipinski definition) is 4. The Bertz CT molecular complexity index is 201. The molecule has 0 aromatic carbocycles. The first kappa shape index (κ1) is 13.5. The molecule has 4 heteroatoms. The molecule has 1 aliphatic rings. The van der Waals surface area contributed by atoms with Gasteiger partial charge in [-0.1, -0.05) is 13.3 Å². The second kappa shape index (κ2) is 7.63. The summed E-state index contributed by atoms with van der Waals surface area (Å²) in [4.78, 5) is 16.0. The molecule has 1 rings (SSSR count). The van der Waals surface area contributed by atoms with E-state index in [1.165, 1.54) is 0 Å². The van der Waals surface area contributed by atoms with Crippen molar-refractivity contribution in [3.05, 3.63) is 0 Å². The smallest absolute Gasteiger partial charge is 0.307 e. The van der Waals surface area contributed by atoms with E-state index in [-0.39, 0.29) is 5.97 Å². The van der Waals surface area contributed by atoms with E-state index in [9.17, 15) is 4.79 Å². The summed E-state index contributed by atoms with van der Waals surface area (Å²) in [5.41, 5.74) is 0. The van der Waals surface area contributed by atoms with E-state index < -0.39 is 0 Å². The number of esters is 1. The van der Waals surface area contributed by atoms with Crippen LogP contribution >= 0.6 is 0 Å². The number of ether oxygens (including phenoxy) is 1. The van der Waals surface area contributed by atoms with E-state index in [0.29, 0.717) is 13.0 Å². The van der Waals surface area contributed by atoms with Crippen molar-refractivity contribution in [1.82, 2.24) is 9.80 Å². The van der Waals surface area contributed by atoms with E-state index in [1.807, 2.05) is 0 Å².